The Morgan fingerprint density at radius 2 is 2.33 bits per heavy atom. The maximum Gasteiger partial charge on any atom is 0.330 e. The molecule has 0 bridgehead atoms. The predicted molar refractivity (Wildman–Crippen MR) is 48.9 cm³/mol. The summed E-state index contributed by atoms with van der Waals surface area (Å²) in [7, 11) is 0. The molecule has 0 aromatic carbocycles. The lowest BCUT2D eigenvalue weighted by Crippen LogP contribution is -2.24. The topological polar surface area (TPSA) is 38.3 Å². The van der Waals surface area contributed by atoms with Crippen molar-refractivity contribution in [1.82, 2.24) is 5.32 Å². The molecule has 0 atom stereocenters. The molecule has 3 heteroatoms. The van der Waals surface area contributed by atoms with E-state index in [1.54, 1.807) is 0 Å². The normalized spacial score (nSPS) is 9.92. The lowest BCUT2D eigenvalue weighted by Gasteiger charge is -2.06. The Balaban J connectivity index is 3.11. The summed E-state index contributed by atoms with van der Waals surface area (Å²) in [5.41, 5.74) is 0. The van der Waals surface area contributed by atoms with Crippen LogP contribution in [0.4, 0.5) is 0 Å². The molecule has 0 spiro atoms. The van der Waals surface area contributed by atoms with Gasteiger partial charge < -0.3 is 10.1 Å². The average molecular weight is 171 g/mol. The zero-order valence-electron chi connectivity index (χ0n) is 7.80. The second kappa shape index (κ2) is 6.85. The van der Waals surface area contributed by atoms with E-state index in [0.717, 1.165) is 6.54 Å². The molecule has 0 aliphatic rings. The van der Waals surface area contributed by atoms with E-state index >= 15 is 0 Å². The largest absolute Gasteiger partial charge is 0.461 e. The van der Waals surface area contributed by atoms with E-state index in [-0.39, 0.29) is 5.97 Å². The van der Waals surface area contributed by atoms with Gasteiger partial charge >= 0.3 is 5.97 Å². The molecule has 0 unspecified atom stereocenters. The molecule has 0 aromatic heterocycles. The highest BCUT2D eigenvalue weighted by Gasteiger charge is 1.95. The molecule has 0 aromatic rings. The third kappa shape index (κ3) is 7.28. The van der Waals surface area contributed by atoms with Gasteiger partial charge in [0, 0.05) is 12.6 Å². The molecule has 0 amide bonds. The molecule has 0 aliphatic heterocycles. The lowest BCUT2D eigenvalue weighted by atomic mass is 10.2. The average Bonchev–Trinajstić information content (AvgIpc) is 2.03. The summed E-state index contributed by atoms with van der Waals surface area (Å²) in [4.78, 5) is 10.5. The number of carbonyl (C=O) groups is 1. The molecule has 0 fully saturated rings. The molecular formula is C9H17NO2. The first kappa shape index (κ1) is 11.2. The minimum absolute atomic E-state index is 0.360. The Labute approximate surface area is 73.8 Å². The van der Waals surface area contributed by atoms with Crippen LogP contribution in [-0.2, 0) is 9.53 Å². The SMILES string of the molecule is C=CC(=O)OCCNCC(C)C. The Morgan fingerprint density at radius 3 is 2.83 bits per heavy atom. The standard InChI is InChI=1S/C9H17NO2/c1-4-9(11)12-6-5-10-7-8(2)3/h4,8,10H,1,5-7H2,2-3H3. The Kier molecular flexibility index (Phi) is 6.38. The van der Waals surface area contributed by atoms with Crippen molar-refractivity contribution >= 4 is 5.97 Å². The number of rotatable bonds is 6. The van der Waals surface area contributed by atoms with Crippen molar-refractivity contribution in [3.8, 4) is 0 Å². The molecule has 0 heterocycles. The molecule has 0 saturated heterocycles. The molecule has 1 N–H and O–H groups in total. The van der Waals surface area contributed by atoms with E-state index in [2.05, 4.69) is 25.7 Å². The smallest absolute Gasteiger partial charge is 0.330 e. The highest BCUT2D eigenvalue weighted by atomic mass is 16.5. The molecule has 0 radical (unpaired) electrons. The summed E-state index contributed by atoms with van der Waals surface area (Å²) in [5.74, 6) is 0.265. The van der Waals surface area contributed by atoms with Crippen molar-refractivity contribution in [2.24, 2.45) is 5.92 Å². The Morgan fingerprint density at radius 1 is 1.67 bits per heavy atom. The minimum Gasteiger partial charge on any atom is -0.461 e. The van der Waals surface area contributed by atoms with E-state index < -0.39 is 0 Å². The molecule has 0 aliphatic carbocycles. The first-order valence-corrected chi connectivity index (χ1v) is 4.16. The van der Waals surface area contributed by atoms with Crippen LogP contribution < -0.4 is 5.32 Å². The summed E-state index contributed by atoms with van der Waals surface area (Å²) in [6.07, 6.45) is 1.17. The van der Waals surface area contributed by atoms with Gasteiger partial charge in [-0.1, -0.05) is 20.4 Å². The number of esters is 1. The van der Waals surface area contributed by atoms with Gasteiger partial charge in [-0.25, -0.2) is 4.79 Å². The van der Waals surface area contributed by atoms with Crippen LogP contribution in [0.1, 0.15) is 13.8 Å². The van der Waals surface area contributed by atoms with E-state index in [4.69, 9.17) is 4.74 Å². The predicted octanol–water partition coefficient (Wildman–Crippen LogP) is 0.961. The van der Waals surface area contributed by atoms with E-state index in [0.29, 0.717) is 19.1 Å². The Hall–Kier alpha value is -0.830. The first-order chi connectivity index (χ1) is 5.66. The van der Waals surface area contributed by atoms with Crippen LogP contribution in [0.15, 0.2) is 12.7 Å². The van der Waals surface area contributed by atoms with Crippen molar-refractivity contribution in [1.29, 1.82) is 0 Å². The summed E-state index contributed by atoms with van der Waals surface area (Å²) in [6.45, 7) is 9.62. The molecule has 0 rings (SSSR count). The monoisotopic (exact) mass is 171 g/mol. The highest BCUT2D eigenvalue weighted by Crippen LogP contribution is 1.86. The van der Waals surface area contributed by atoms with Gasteiger partial charge in [0.1, 0.15) is 6.61 Å². The van der Waals surface area contributed by atoms with E-state index in [1.807, 2.05) is 0 Å². The van der Waals surface area contributed by atoms with Crippen molar-refractivity contribution in [3.05, 3.63) is 12.7 Å². The fourth-order valence-corrected chi connectivity index (χ4v) is 0.673. The fraction of sp³-hybridized carbons (Fsp3) is 0.667. The number of ether oxygens (including phenoxy) is 1. The molecule has 0 saturated carbocycles. The summed E-state index contributed by atoms with van der Waals surface area (Å²) in [5, 5.41) is 3.15. The first-order valence-electron chi connectivity index (χ1n) is 4.16. The van der Waals surface area contributed by atoms with Crippen LogP contribution >= 0.6 is 0 Å². The zero-order valence-corrected chi connectivity index (χ0v) is 7.80. The van der Waals surface area contributed by atoms with Crippen LogP contribution in [0.25, 0.3) is 0 Å². The van der Waals surface area contributed by atoms with Gasteiger partial charge in [0.05, 0.1) is 0 Å². The van der Waals surface area contributed by atoms with Crippen molar-refractivity contribution < 1.29 is 9.53 Å². The van der Waals surface area contributed by atoms with E-state index in [9.17, 15) is 4.79 Å². The van der Waals surface area contributed by atoms with Crippen LogP contribution in [-0.4, -0.2) is 25.7 Å². The molecule has 12 heavy (non-hydrogen) atoms. The van der Waals surface area contributed by atoms with Gasteiger partial charge in [-0.3, -0.25) is 0 Å². The van der Waals surface area contributed by atoms with Gasteiger partial charge in [0.25, 0.3) is 0 Å². The molecule has 3 nitrogen and oxygen atoms in total. The maximum absolute atomic E-state index is 10.5. The quantitative estimate of drug-likeness (QED) is 0.367. The summed E-state index contributed by atoms with van der Waals surface area (Å²) >= 11 is 0. The van der Waals surface area contributed by atoms with Gasteiger partial charge in [-0.2, -0.15) is 0 Å². The van der Waals surface area contributed by atoms with Crippen LogP contribution in [0.2, 0.25) is 0 Å². The fourth-order valence-electron chi connectivity index (χ4n) is 0.673. The number of nitrogens with one attached hydrogen (secondary N) is 1. The number of hydrogen-bond acceptors (Lipinski definition) is 3. The van der Waals surface area contributed by atoms with E-state index in [1.165, 1.54) is 6.08 Å². The zero-order chi connectivity index (χ0) is 9.40. The van der Waals surface area contributed by atoms with Gasteiger partial charge in [-0.15, -0.1) is 0 Å². The molecular weight excluding hydrogens is 154 g/mol. The second-order valence-electron chi connectivity index (χ2n) is 2.97. The maximum atomic E-state index is 10.5. The van der Waals surface area contributed by atoms with Crippen LogP contribution in [0, 0.1) is 5.92 Å². The second-order valence-corrected chi connectivity index (χ2v) is 2.97. The third-order valence-electron chi connectivity index (χ3n) is 1.24. The van der Waals surface area contributed by atoms with Gasteiger partial charge in [0.2, 0.25) is 0 Å². The van der Waals surface area contributed by atoms with Crippen LogP contribution in [0.5, 0.6) is 0 Å². The summed E-state index contributed by atoms with van der Waals surface area (Å²) < 4.78 is 4.75. The lowest BCUT2D eigenvalue weighted by molar-refractivity contribution is -0.137. The van der Waals surface area contributed by atoms with Crippen molar-refractivity contribution in [3.63, 3.8) is 0 Å². The highest BCUT2D eigenvalue weighted by molar-refractivity contribution is 5.81. The number of hydrogen-bond donors (Lipinski definition) is 1. The van der Waals surface area contributed by atoms with Crippen LogP contribution in [0.3, 0.4) is 0 Å². The van der Waals surface area contributed by atoms with Gasteiger partial charge in [0.15, 0.2) is 0 Å². The summed E-state index contributed by atoms with van der Waals surface area (Å²) in [6, 6.07) is 0. The third-order valence-corrected chi connectivity index (χ3v) is 1.24. The minimum atomic E-state index is -0.360. The molecule has 70 valence electrons. The van der Waals surface area contributed by atoms with Gasteiger partial charge in [-0.05, 0) is 12.5 Å². The number of carbonyl (C=O) groups excluding carboxylic acids is 1. The Bertz CT molecular complexity index is 143. The van der Waals surface area contributed by atoms with Crippen molar-refractivity contribution in [2.75, 3.05) is 19.7 Å². The van der Waals surface area contributed by atoms with Crippen molar-refractivity contribution in [2.45, 2.75) is 13.8 Å².